The highest BCUT2D eigenvalue weighted by molar-refractivity contribution is 7.80. The molecule has 0 unspecified atom stereocenters. The van der Waals surface area contributed by atoms with Crippen LogP contribution in [-0.4, -0.2) is 35.0 Å². The Morgan fingerprint density at radius 2 is 2.04 bits per heavy atom. The molecule has 0 radical (unpaired) electrons. The molecular formula is C15H17ClN4O3S. The molecule has 1 aromatic carbocycles. The van der Waals surface area contributed by atoms with Gasteiger partial charge in [0, 0.05) is 13.1 Å². The number of halogens is 1. The van der Waals surface area contributed by atoms with Crippen LogP contribution in [0.5, 0.6) is 11.5 Å². The lowest BCUT2D eigenvalue weighted by Crippen LogP contribution is -2.35. The highest BCUT2D eigenvalue weighted by atomic mass is 35.5. The molecule has 0 bridgehead atoms. The first-order chi connectivity index (χ1) is 11.4. The summed E-state index contributed by atoms with van der Waals surface area (Å²) in [5.41, 5.74) is 1.36. The van der Waals surface area contributed by atoms with E-state index in [0.717, 1.165) is 0 Å². The quantitative estimate of drug-likeness (QED) is 0.807. The summed E-state index contributed by atoms with van der Waals surface area (Å²) in [6.45, 7) is 1.72. The maximum atomic E-state index is 12.3. The van der Waals surface area contributed by atoms with Crippen molar-refractivity contribution in [3.05, 3.63) is 34.6 Å². The summed E-state index contributed by atoms with van der Waals surface area (Å²) in [6.07, 6.45) is 0. The van der Waals surface area contributed by atoms with E-state index in [0.29, 0.717) is 22.9 Å². The zero-order valence-electron chi connectivity index (χ0n) is 13.6. The SMILES string of the molecule is COc1ccc(OC)c(NC(=S)NC(=O)c2c(Cl)c(C)nn2C)c1. The largest absolute Gasteiger partial charge is 0.497 e. The Morgan fingerprint density at radius 3 is 2.58 bits per heavy atom. The number of rotatable bonds is 4. The van der Waals surface area contributed by atoms with Crippen molar-refractivity contribution in [1.82, 2.24) is 15.1 Å². The van der Waals surface area contributed by atoms with Crippen molar-refractivity contribution >= 4 is 40.5 Å². The second-order valence-electron chi connectivity index (χ2n) is 4.85. The van der Waals surface area contributed by atoms with Crippen LogP contribution in [0.4, 0.5) is 5.69 Å². The van der Waals surface area contributed by atoms with Gasteiger partial charge >= 0.3 is 0 Å². The van der Waals surface area contributed by atoms with Gasteiger partial charge in [0.25, 0.3) is 5.91 Å². The Hall–Kier alpha value is -2.32. The number of benzene rings is 1. The Balaban J connectivity index is 2.15. The highest BCUT2D eigenvalue weighted by Crippen LogP contribution is 2.28. The number of nitrogens with one attached hydrogen (secondary N) is 2. The molecule has 0 saturated carbocycles. The van der Waals surface area contributed by atoms with E-state index in [4.69, 9.17) is 33.3 Å². The molecule has 0 aliphatic carbocycles. The van der Waals surface area contributed by atoms with Crippen LogP contribution in [0.1, 0.15) is 16.2 Å². The van der Waals surface area contributed by atoms with E-state index in [1.54, 1.807) is 39.3 Å². The fourth-order valence-electron chi connectivity index (χ4n) is 2.11. The van der Waals surface area contributed by atoms with E-state index in [1.807, 2.05) is 0 Å². The van der Waals surface area contributed by atoms with Crippen LogP contribution in [-0.2, 0) is 7.05 Å². The third-order valence-corrected chi connectivity index (χ3v) is 3.90. The lowest BCUT2D eigenvalue weighted by Gasteiger charge is -2.14. The predicted octanol–water partition coefficient (Wildman–Crippen LogP) is 2.53. The van der Waals surface area contributed by atoms with Crippen molar-refractivity contribution in [3.8, 4) is 11.5 Å². The zero-order chi connectivity index (χ0) is 17.9. The number of ether oxygens (including phenoxy) is 2. The lowest BCUT2D eigenvalue weighted by molar-refractivity contribution is 0.0968. The van der Waals surface area contributed by atoms with Crippen molar-refractivity contribution in [2.75, 3.05) is 19.5 Å². The van der Waals surface area contributed by atoms with Crippen molar-refractivity contribution in [2.45, 2.75) is 6.92 Å². The minimum Gasteiger partial charge on any atom is -0.497 e. The molecule has 1 aromatic heterocycles. The number of carbonyl (C=O) groups is 1. The van der Waals surface area contributed by atoms with Crippen molar-refractivity contribution in [3.63, 3.8) is 0 Å². The van der Waals surface area contributed by atoms with Gasteiger partial charge in [0.1, 0.15) is 17.2 Å². The molecule has 0 spiro atoms. The van der Waals surface area contributed by atoms with E-state index in [2.05, 4.69) is 15.7 Å². The fourth-order valence-corrected chi connectivity index (χ4v) is 2.56. The average molecular weight is 369 g/mol. The normalized spacial score (nSPS) is 10.2. The third kappa shape index (κ3) is 3.77. The molecule has 24 heavy (non-hydrogen) atoms. The fraction of sp³-hybridized carbons (Fsp3) is 0.267. The molecule has 2 N–H and O–H groups in total. The summed E-state index contributed by atoms with van der Waals surface area (Å²) in [4.78, 5) is 12.3. The molecule has 0 saturated heterocycles. The highest BCUT2D eigenvalue weighted by Gasteiger charge is 2.20. The molecule has 0 aliphatic rings. The third-order valence-electron chi connectivity index (χ3n) is 3.25. The monoisotopic (exact) mass is 368 g/mol. The topological polar surface area (TPSA) is 77.4 Å². The van der Waals surface area contributed by atoms with Gasteiger partial charge in [-0.3, -0.25) is 14.8 Å². The summed E-state index contributed by atoms with van der Waals surface area (Å²) < 4.78 is 11.8. The first kappa shape index (κ1) is 18.0. The summed E-state index contributed by atoms with van der Waals surface area (Å²) in [5.74, 6) is 0.724. The number of nitrogens with zero attached hydrogens (tertiary/aromatic N) is 2. The van der Waals surface area contributed by atoms with E-state index in [9.17, 15) is 4.79 Å². The van der Waals surface area contributed by atoms with E-state index >= 15 is 0 Å². The van der Waals surface area contributed by atoms with Crippen LogP contribution in [0, 0.1) is 6.92 Å². The van der Waals surface area contributed by atoms with Gasteiger partial charge in [0.15, 0.2) is 5.11 Å². The van der Waals surface area contributed by atoms with Crippen molar-refractivity contribution in [1.29, 1.82) is 0 Å². The summed E-state index contributed by atoms with van der Waals surface area (Å²) in [7, 11) is 4.72. The summed E-state index contributed by atoms with van der Waals surface area (Å²) in [6, 6.07) is 5.19. The Labute approximate surface area is 149 Å². The van der Waals surface area contributed by atoms with Crippen LogP contribution in [0.2, 0.25) is 5.02 Å². The number of anilines is 1. The molecular weight excluding hydrogens is 352 g/mol. The number of methoxy groups -OCH3 is 2. The van der Waals surface area contributed by atoms with Crippen LogP contribution < -0.4 is 20.1 Å². The molecule has 9 heteroatoms. The minimum atomic E-state index is -0.456. The van der Waals surface area contributed by atoms with Gasteiger partial charge in [-0.05, 0) is 31.3 Å². The maximum absolute atomic E-state index is 12.3. The number of aromatic nitrogens is 2. The van der Waals surface area contributed by atoms with E-state index in [1.165, 1.54) is 11.8 Å². The molecule has 7 nitrogen and oxygen atoms in total. The minimum absolute atomic E-state index is 0.0986. The van der Waals surface area contributed by atoms with Crippen LogP contribution >= 0.6 is 23.8 Å². The molecule has 1 heterocycles. The smallest absolute Gasteiger partial charge is 0.277 e. The van der Waals surface area contributed by atoms with Crippen LogP contribution in [0.25, 0.3) is 0 Å². The number of thiocarbonyl (C=S) groups is 1. The zero-order valence-corrected chi connectivity index (χ0v) is 15.2. The lowest BCUT2D eigenvalue weighted by atomic mass is 10.2. The molecule has 2 rings (SSSR count). The standard InChI is InChI=1S/C15H17ClN4O3S/c1-8-12(16)13(20(2)19-8)14(21)18-15(24)17-10-7-9(22-3)5-6-11(10)23-4/h5-7H,1-4H3,(H2,17,18,21,24). The molecule has 0 atom stereocenters. The van der Waals surface area contributed by atoms with Crippen molar-refractivity contribution < 1.29 is 14.3 Å². The second-order valence-corrected chi connectivity index (χ2v) is 5.63. The number of hydrogen-bond acceptors (Lipinski definition) is 5. The molecule has 2 aromatic rings. The van der Waals surface area contributed by atoms with E-state index < -0.39 is 5.91 Å². The number of carbonyl (C=O) groups excluding carboxylic acids is 1. The van der Waals surface area contributed by atoms with Crippen LogP contribution in [0.3, 0.4) is 0 Å². The predicted molar refractivity (Wildman–Crippen MR) is 96.2 cm³/mol. The van der Waals surface area contributed by atoms with Crippen LogP contribution in [0.15, 0.2) is 18.2 Å². The molecule has 128 valence electrons. The van der Waals surface area contributed by atoms with Gasteiger partial charge in [0.2, 0.25) is 0 Å². The first-order valence-electron chi connectivity index (χ1n) is 6.90. The molecule has 1 amide bonds. The average Bonchev–Trinajstić information content (AvgIpc) is 2.79. The van der Waals surface area contributed by atoms with Gasteiger partial charge in [0.05, 0.1) is 30.6 Å². The second kappa shape index (κ2) is 7.50. The van der Waals surface area contributed by atoms with Gasteiger partial charge < -0.3 is 14.8 Å². The Kier molecular flexibility index (Phi) is 5.63. The van der Waals surface area contributed by atoms with Gasteiger partial charge in [-0.25, -0.2) is 0 Å². The Bertz CT molecular complexity index is 791. The van der Waals surface area contributed by atoms with Crippen molar-refractivity contribution in [2.24, 2.45) is 7.05 Å². The molecule has 0 aliphatic heterocycles. The molecule has 0 fully saturated rings. The maximum Gasteiger partial charge on any atom is 0.277 e. The first-order valence-corrected chi connectivity index (χ1v) is 7.69. The van der Waals surface area contributed by atoms with Gasteiger partial charge in [-0.15, -0.1) is 0 Å². The summed E-state index contributed by atoms with van der Waals surface area (Å²) in [5, 5.41) is 9.96. The van der Waals surface area contributed by atoms with Gasteiger partial charge in [-0.2, -0.15) is 5.10 Å². The van der Waals surface area contributed by atoms with Gasteiger partial charge in [-0.1, -0.05) is 11.6 Å². The Morgan fingerprint density at radius 1 is 1.33 bits per heavy atom. The number of aryl methyl sites for hydroxylation is 2. The summed E-state index contributed by atoms with van der Waals surface area (Å²) >= 11 is 11.3. The van der Waals surface area contributed by atoms with E-state index in [-0.39, 0.29) is 15.8 Å². The number of hydrogen-bond donors (Lipinski definition) is 2. The number of amides is 1.